The van der Waals surface area contributed by atoms with Gasteiger partial charge in [-0.15, -0.1) is 0 Å². The monoisotopic (exact) mass is 302 g/mol. The van der Waals surface area contributed by atoms with Gasteiger partial charge in [0, 0.05) is 21.2 Å². The molecule has 0 radical (unpaired) electrons. The summed E-state index contributed by atoms with van der Waals surface area (Å²) >= 11 is 11.8. The SMILES string of the molecule is COc1ccc(C(F)F)cc1-c1cc(Cl)cc(Cl)c1. The van der Waals surface area contributed by atoms with Crippen molar-refractivity contribution in [3.05, 3.63) is 52.0 Å². The maximum absolute atomic E-state index is 12.8. The first-order valence-corrected chi connectivity index (χ1v) is 6.19. The van der Waals surface area contributed by atoms with Crippen LogP contribution in [0.15, 0.2) is 36.4 Å². The number of ether oxygens (including phenoxy) is 1. The van der Waals surface area contributed by atoms with E-state index in [0.29, 0.717) is 26.9 Å². The van der Waals surface area contributed by atoms with Gasteiger partial charge < -0.3 is 4.74 Å². The van der Waals surface area contributed by atoms with E-state index >= 15 is 0 Å². The maximum atomic E-state index is 12.8. The number of alkyl halides is 2. The Morgan fingerprint density at radius 3 is 2.16 bits per heavy atom. The van der Waals surface area contributed by atoms with Gasteiger partial charge in [0.05, 0.1) is 7.11 Å². The minimum Gasteiger partial charge on any atom is -0.496 e. The van der Waals surface area contributed by atoms with E-state index in [1.54, 1.807) is 18.2 Å². The van der Waals surface area contributed by atoms with Crippen LogP contribution < -0.4 is 4.74 Å². The Bertz CT molecular complexity index is 580. The van der Waals surface area contributed by atoms with Gasteiger partial charge >= 0.3 is 0 Å². The van der Waals surface area contributed by atoms with E-state index in [9.17, 15) is 8.78 Å². The Hall–Kier alpha value is -1.32. The molecule has 0 unspecified atom stereocenters. The molecule has 0 aliphatic heterocycles. The Morgan fingerprint density at radius 2 is 1.63 bits per heavy atom. The third kappa shape index (κ3) is 3.17. The second-order valence-electron chi connectivity index (χ2n) is 3.92. The van der Waals surface area contributed by atoms with Crippen LogP contribution in [-0.4, -0.2) is 7.11 Å². The highest BCUT2D eigenvalue weighted by Crippen LogP contribution is 2.36. The lowest BCUT2D eigenvalue weighted by molar-refractivity contribution is 0.151. The van der Waals surface area contributed by atoms with E-state index in [-0.39, 0.29) is 5.56 Å². The van der Waals surface area contributed by atoms with Crippen molar-refractivity contribution in [1.29, 1.82) is 0 Å². The molecule has 0 amide bonds. The van der Waals surface area contributed by atoms with Crippen LogP contribution in [0, 0.1) is 0 Å². The first-order chi connectivity index (χ1) is 9.01. The van der Waals surface area contributed by atoms with E-state index in [0.717, 1.165) is 0 Å². The van der Waals surface area contributed by atoms with E-state index in [1.165, 1.54) is 25.3 Å². The third-order valence-electron chi connectivity index (χ3n) is 2.65. The summed E-state index contributed by atoms with van der Waals surface area (Å²) in [4.78, 5) is 0. The van der Waals surface area contributed by atoms with Crippen LogP contribution in [0.4, 0.5) is 8.78 Å². The van der Waals surface area contributed by atoms with Gasteiger partial charge in [-0.25, -0.2) is 8.78 Å². The van der Waals surface area contributed by atoms with Crippen LogP contribution in [0.25, 0.3) is 11.1 Å². The van der Waals surface area contributed by atoms with Crippen LogP contribution in [0.1, 0.15) is 12.0 Å². The Balaban J connectivity index is 2.61. The zero-order chi connectivity index (χ0) is 14.0. The van der Waals surface area contributed by atoms with Crippen LogP contribution in [0.3, 0.4) is 0 Å². The minimum atomic E-state index is -2.54. The molecule has 5 heteroatoms. The molecule has 0 aliphatic carbocycles. The van der Waals surface area contributed by atoms with Gasteiger partial charge in [0.2, 0.25) is 0 Å². The summed E-state index contributed by atoms with van der Waals surface area (Å²) in [6.07, 6.45) is -2.54. The molecule has 0 spiro atoms. The summed E-state index contributed by atoms with van der Waals surface area (Å²) in [5.74, 6) is 0.489. The molecule has 0 bridgehead atoms. The van der Waals surface area contributed by atoms with Gasteiger partial charge in [-0.05, 0) is 42.0 Å². The summed E-state index contributed by atoms with van der Waals surface area (Å²) in [6.45, 7) is 0. The van der Waals surface area contributed by atoms with Crippen LogP contribution in [-0.2, 0) is 0 Å². The lowest BCUT2D eigenvalue weighted by Gasteiger charge is -2.11. The molecule has 0 atom stereocenters. The molecular formula is C14H10Cl2F2O. The smallest absolute Gasteiger partial charge is 0.263 e. The van der Waals surface area contributed by atoms with E-state index in [2.05, 4.69) is 0 Å². The average molecular weight is 303 g/mol. The fourth-order valence-electron chi connectivity index (χ4n) is 1.80. The predicted octanol–water partition coefficient (Wildman–Crippen LogP) is 5.61. The summed E-state index contributed by atoms with van der Waals surface area (Å²) < 4.78 is 30.7. The molecule has 0 saturated carbocycles. The van der Waals surface area contributed by atoms with E-state index in [4.69, 9.17) is 27.9 Å². The van der Waals surface area contributed by atoms with Crippen LogP contribution in [0.5, 0.6) is 5.75 Å². The Kier molecular flexibility index (Phi) is 4.27. The zero-order valence-electron chi connectivity index (χ0n) is 9.96. The Labute approximate surface area is 119 Å². The molecule has 19 heavy (non-hydrogen) atoms. The molecule has 0 aromatic heterocycles. The van der Waals surface area contributed by atoms with Crippen molar-refractivity contribution in [1.82, 2.24) is 0 Å². The topological polar surface area (TPSA) is 9.23 Å². The van der Waals surface area contributed by atoms with Gasteiger partial charge in [-0.1, -0.05) is 23.2 Å². The molecule has 2 aromatic rings. The summed E-state index contributed by atoms with van der Waals surface area (Å²) in [6, 6.07) is 9.10. The fraction of sp³-hybridized carbons (Fsp3) is 0.143. The minimum absolute atomic E-state index is 0.0769. The first-order valence-electron chi connectivity index (χ1n) is 5.44. The molecule has 1 nitrogen and oxygen atoms in total. The first kappa shape index (κ1) is 14.1. The quantitative estimate of drug-likeness (QED) is 0.716. The normalized spacial score (nSPS) is 10.8. The molecule has 0 heterocycles. The van der Waals surface area contributed by atoms with Crippen molar-refractivity contribution in [2.75, 3.05) is 7.11 Å². The van der Waals surface area contributed by atoms with Gasteiger partial charge in [-0.3, -0.25) is 0 Å². The molecule has 0 saturated heterocycles. The molecule has 2 aromatic carbocycles. The predicted molar refractivity (Wildman–Crippen MR) is 73.4 cm³/mol. The highest BCUT2D eigenvalue weighted by Gasteiger charge is 2.13. The van der Waals surface area contributed by atoms with Crippen molar-refractivity contribution < 1.29 is 13.5 Å². The molecule has 100 valence electrons. The lowest BCUT2D eigenvalue weighted by Crippen LogP contribution is -1.91. The van der Waals surface area contributed by atoms with Gasteiger partial charge in [0.15, 0.2) is 0 Å². The molecule has 0 fully saturated rings. The number of rotatable bonds is 3. The highest BCUT2D eigenvalue weighted by molar-refractivity contribution is 6.35. The maximum Gasteiger partial charge on any atom is 0.263 e. The molecule has 2 rings (SSSR count). The van der Waals surface area contributed by atoms with Gasteiger partial charge in [-0.2, -0.15) is 0 Å². The summed E-state index contributed by atoms with van der Waals surface area (Å²) in [5.41, 5.74) is 1.09. The average Bonchev–Trinajstić information content (AvgIpc) is 2.36. The highest BCUT2D eigenvalue weighted by atomic mass is 35.5. The number of hydrogen-bond acceptors (Lipinski definition) is 1. The second kappa shape index (κ2) is 5.76. The van der Waals surface area contributed by atoms with Crippen molar-refractivity contribution in [2.24, 2.45) is 0 Å². The standard InChI is InChI=1S/C14H10Cl2F2O/c1-19-13-3-2-8(14(17)18)6-12(13)9-4-10(15)7-11(16)5-9/h2-7,14H,1H3. The molecule has 0 aliphatic rings. The lowest BCUT2D eigenvalue weighted by atomic mass is 10.0. The largest absolute Gasteiger partial charge is 0.496 e. The second-order valence-corrected chi connectivity index (χ2v) is 4.79. The number of benzene rings is 2. The van der Waals surface area contributed by atoms with Crippen molar-refractivity contribution in [3.63, 3.8) is 0 Å². The van der Waals surface area contributed by atoms with Crippen molar-refractivity contribution in [3.8, 4) is 16.9 Å². The van der Waals surface area contributed by atoms with Crippen LogP contribution >= 0.6 is 23.2 Å². The summed E-state index contributed by atoms with van der Waals surface area (Å²) in [7, 11) is 1.48. The van der Waals surface area contributed by atoms with Gasteiger partial charge in [0.25, 0.3) is 6.43 Å². The van der Waals surface area contributed by atoms with E-state index < -0.39 is 6.43 Å². The number of hydrogen-bond donors (Lipinski definition) is 0. The summed E-state index contributed by atoms with van der Waals surface area (Å²) in [5, 5.41) is 0.874. The van der Waals surface area contributed by atoms with Crippen molar-refractivity contribution >= 4 is 23.2 Å². The third-order valence-corrected chi connectivity index (χ3v) is 3.09. The Morgan fingerprint density at radius 1 is 1.00 bits per heavy atom. The number of methoxy groups -OCH3 is 1. The van der Waals surface area contributed by atoms with Crippen molar-refractivity contribution in [2.45, 2.75) is 6.43 Å². The molecule has 0 N–H and O–H groups in total. The number of halogens is 4. The van der Waals surface area contributed by atoms with Crippen LogP contribution in [0.2, 0.25) is 10.0 Å². The fourth-order valence-corrected chi connectivity index (χ4v) is 2.32. The van der Waals surface area contributed by atoms with E-state index in [1.807, 2.05) is 0 Å². The molecular weight excluding hydrogens is 293 g/mol. The zero-order valence-corrected chi connectivity index (χ0v) is 11.5. The van der Waals surface area contributed by atoms with Gasteiger partial charge in [0.1, 0.15) is 5.75 Å².